The van der Waals surface area contributed by atoms with Gasteiger partial charge in [0.05, 0.1) is 69.5 Å². The number of ether oxygens (including phenoxy) is 6. The van der Waals surface area contributed by atoms with E-state index in [1.54, 1.807) is 55.5 Å². The molecule has 0 radical (unpaired) electrons. The van der Waals surface area contributed by atoms with Crippen LogP contribution in [0.15, 0.2) is 143 Å². The van der Waals surface area contributed by atoms with Crippen LogP contribution in [-0.4, -0.2) is 235 Å². The number of carboxylic acids is 3. The number of amidine groups is 3. The highest BCUT2D eigenvalue weighted by Crippen LogP contribution is 2.43. The summed E-state index contributed by atoms with van der Waals surface area (Å²) in [6.07, 6.45) is 2.95. The van der Waals surface area contributed by atoms with Gasteiger partial charge in [0, 0.05) is 148 Å². The van der Waals surface area contributed by atoms with E-state index in [9.17, 15) is 63.9 Å². The van der Waals surface area contributed by atoms with Gasteiger partial charge in [0.15, 0.2) is 32.5 Å². The summed E-state index contributed by atoms with van der Waals surface area (Å²) in [6, 6.07) is 8.70. The number of hydrogen-bond donors (Lipinski definition) is 6. The number of carbonyl (C=O) groups is 6. The first kappa shape index (κ1) is 89.6. The molecule has 12 rings (SSSR count). The summed E-state index contributed by atoms with van der Waals surface area (Å²) in [5, 5.41) is 42.8. The van der Waals surface area contributed by atoms with E-state index in [4.69, 9.17) is 76.9 Å². The summed E-state index contributed by atoms with van der Waals surface area (Å²) in [5.41, 5.74) is 2.57. The molecule has 0 aliphatic carbocycles. The first-order valence-electron chi connectivity index (χ1n) is 36.1. The molecule has 116 heavy (non-hydrogen) atoms. The summed E-state index contributed by atoms with van der Waals surface area (Å²) in [7, 11) is 0. The van der Waals surface area contributed by atoms with Gasteiger partial charge in [0.2, 0.25) is 0 Å². The summed E-state index contributed by atoms with van der Waals surface area (Å²) in [5.74, 6) is -13.7. The normalized spacial score (nSPS) is 21.6. The van der Waals surface area contributed by atoms with Crippen LogP contribution in [-0.2, 0) is 57.2 Å². The summed E-state index contributed by atoms with van der Waals surface area (Å²) in [6.45, 7) is 3.04. The first-order chi connectivity index (χ1) is 55.4. The minimum Gasteiger partial charge on any atom is -0.480 e. The maximum atomic E-state index is 14.7. The van der Waals surface area contributed by atoms with Crippen molar-refractivity contribution < 1.29 is 108 Å². The fourth-order valence-electron chi connectivity index (χ4n) is 13.9. The van der Waals surface area contributed by atoms with Gasteiger partial charge in [-0.15, -0.1) is 34.0 Å². The van der Waals surface area contributed by atoms with E-state index in [1.165, 1.54) is 86.3 Å². The van der Waals surface area contributed by atoms with Gasteiger partial charge in [-0.05, 0) is 75.1 Å². The van der Waals surface area contributed by atoms with Crippen LogP contribution in [0.4, 0.5) is 35.1 Å². The van der Waals surface area contributed by atoms with Gasteiger partial charge in [-0.25, -0.2) is 78.8 Å². The molecule has 0 bridgehead atoms. The second-order valence-corrected chi connectivity index (χ2v) is 31.5. The van der Waals surface area contributed by atoms with Gasteiger partial charge >= 0.3 is 35.8 Å². The van der Waals surface area contributed by atoms with Crippen molar-refractivity contribution in [2.45, 2.75) is 76.2 Å². The number of aromatic nitrogens is 3. The Bertz CT molecular complexity index is 4500. The minimum atomic E-state index is -3.07. The SMILES string of the molecule is CCOC(=O)C1=C(CN2CC(COCC(=O)O)CC(F)(F)C2)NC(c2nccs2)=NC1c1ccc(F)cc1Br.CCOC(=O)C1=C(CN2CC(COCC(=O)O)CC(F)(F)C2)NC(c2nccs2)=NC1c1ccc(F)cc1Cl.CCOC(=O)C1=C(CN2CC(F)CC(COCC(=O)O)C2)NC(c2nccs2)=NC1c1ccc(F)cc1Cl. The van der Waals surface area contributed by atoms with E-state index in [0.29, 0.717) is 71.6 Å². The number of rotatable bonds is 30. The fourth-order valence-corrected chi connectivity index (χ4v) is 16.7. The fraction of sp³-hybridized carbons (Fsp3) is 0.440. The van der Waals surface area contributed by atoms with Crippen molar-refractivity contribution in [1.29, 1.82) is 0 Å². The van der Waals surface area contributed by atoms with Crippen LogP contribution >= 0.6 is 73.1 Å². The minimum absolute atomic E-state index is 0.0328. The summed E-state index contributed by atoms with van der Waals surface area (Å²) >= 11 is 20.0. The molecule has 624 valence electrons. The lowest BCUT2D eigenvalue weighted by molar-refractivity contribution is -0.145. The number of piperidine rings is 3. The number of alkyl halides is 5. The topological polar surface area (TPSA) is 340 Å². The van der Waals surface area contributed by atoms with Crippen molar-refractivity contribution in [2.24, 2.45) is 32.7 Å². The largest absolute Gasteiger partial charge is 0.480 e. The number of nitrogens with one attached hydrogen (secondary N) is 3. The van der Waals surface area contributed by atoms with E-state index in [0.717, 1.165) is 12.1 Å². The Morgan fingerprint density at radius 3 is 1.18 bits per heavy atom. The molecule has 6 aliphatic heterocycles. The Labute approximate surface area is 689 Å². The Balaban J connectivity index is 0.000000184. The second-order valence-electron chi connectivity index (χ2n) is 27.2. The maximum Gasteiger partial charge on any atom is 0.338 e. The standard InChI is InChI=1S/C25H26BrF3N4O5S.C25H26ClF3N4O5S.C25H27ClF2N4O5S/c2*1-2-38-24(36)20-18(10-33-9-14(8-25(28,29)13-33)11-37-12-19(34)35)31-22(23-30-5-6-39-23)32-21(20)16-4-3-15(27)7-17(16)26;1-2-37-25(35)21-19(11-32-9-14(7-16(28)10-32)12-36-13-20(33)34)30-23(24-29-5-6-38-24)31-22(21)17-4-3-15(27)8-18(17)26/h2*3-7,14,21H,2,8-13H2,1H3,(H,31,32)(H,34,35);3-6,8,14,16,22H,2,7,9-13H2,1H3,(H,30,31)(H,33,34). The predicted octanol–water partition coefficient (Wildman–Crippen LogP) is 11.5. The van der Waals surface area contributed by atoms with E-state index in [-0.39, 0.29) is 124 Å². The molecule has 3 saturated heterocycles. The van der Waals surface area contributed by atoms with Crippen molar-refractivity contribution in [3.8, 4) is 0 Å². The first-order valence-corrected chi connectivity index (χ1v) is 40.3. The molecule has 6 aromatic rings. The van der Waals surface area contributed by atoms with Gasteiger partial charge < -0.3 is 59.7 Å². The lowest BCUT2D eigenvalue weighted by Gasteiger charge is -2.39. The maximum absolute atomic E-state index is 14.7. The van der Waals surface area contributed by atoms with Gasteiger partial charge in [0.1, 0.15) is 61.6 Å². The molecule has 0 amide bonds. The van der Waals surface area contributed by atoms with Gasteiger partial charge in [-0.3, -0.25) is 29.7 Å². The van der Waals surface area contributed by atoms with Crippen molar-refractivity contribution >= 4 is 126 Å². The zero-order valence-corrected chi connectivity index (χ0v) is 67.7. The highest BCUT2D eigenvalue weighted by Gasteiger charge is 2.45. The molecule has 0 saturated carbocycles. The number of benzene rings is 3. The van der Waals surface area contributed by atoms with Crippen LogP contribution < -0.4 is 16.0 Å². The summed E-state index contributed by atoms with van der Waals surface area (Å²) in [4.78, 5) is 104. The van der Waals surface area contributed by atoms with Crippen molar-refractivity contribution in [3.63, 3.8) is 0 Å². The second kappa shape index (κ2) is 41.6. The van der Waals surface area contributed by atoms with Crippen molar-refractivity contribution in [2.75, 3.05) is 118 Å². The number of aliphatic imine (C=N–C) groups is 3. The Morgan fingerprint density at radius 2 is 0.845 bits per heavy atom. The monoisotopic (exact) mass is 1780 g/mol. The third kappa shape index (κ3) is 24.9. The van der Waals surface area contributed by atoms with Crippen molar-refractivity contribution in [1.82, 2.24) is 45.6 Å². The zero-order chi connectivity index (χ0) is 83.5. The molecule has 0 spiro atoms. The highest BCUT2D eigenvalue weighted by molar-refractivity contribution is 9.10. The van der Waals surface area contributed by atoms with Crippen LogP contribution in [0.2, 0.25) is 10.0 Å². The van der Waals surface area contributed by atoms with Crippen LogP contribution in [0.3, 0.4) is 0 Å². The molecule has 41 heteroatoms. The summed E-state index contributed by atoms with van der Waals surface area (Å²) < 4.78 is 147. The van der Waals surface area contributed by atoms with Gasteiger partial charge in [-0.1, -0.05) is 57.3 Å². The molecule has 27 nitrogen and oxygen atoms in total. The highest BCUT2D eigenvalue weighted by atomic mass is 79.9. The number of hydrogen-bond acceptors (Lipinski definition) is 27. The van der Waals surface area contributed by atoms with Crippen LogP contribution in [0.1, 0.15) is 89.9 Å². The Hall–Kier alpha value is -8.74. The van der Waals surface area contributed by atoms with E-state index < -0.39 is 147 Å². The average molecular weight is 1790 g/mol. The zero-order valence-electron chi connectivity index (χ0n) is 62.2. The predicted molar refractivity (Wildman–Crippen MR) is 415 cm³/mol. The smallest absolute Gasteiger partial charge is 0.338 e. The number of halogens is 11. The average Bonchev–Trinajstić information content (AvgIpc) is 1.19. The third-order valence-electron chi connectivity index (χ3n) is 18.1. The number of nitrogens with zero attached hydrogens (tertiary/aromatic N) is 9. The van der Waals surface area contributed by atoms with Crippen molar-refractivity contribution in [3.05, 3.63) is 187 Å². The van der Waals surface area contributed by atoms with E-state index in [2.05, 4.69) is 51.8 Å². The number of esters is 3. The number of carboxylic acid groups (broad SMARTS) is 3. The van der Waals surface area contributed by atoms with E-state index >= 15 is 0 Å². The number of aliphatic carboxylic acids is 3. The lowest BCUT2D eigenvalue weighted by Crippen LogP contribution is -2.50. The molecule has 9 heterocycles. The van der Waals surface area contributed by atoms with E-state index in [1.807, 2.05) is 4.90 Å². The molecule has 7 atom stereocenters. The molecule has 6 aliphatic rings. The van der Waals surface area contributed by atoms with Gasteiger partial charge in [0.25, 0.3) is 11.8 Å². The molecule has 6 N–H and O–H groups in total. The van der Waals surface area contributed by atoms with Gasteiger partial charge in [-0.2, -0.15) is 0 Å². The number of likely N-dealkylation sites (tertiary alicyclic amines) is 3. The van der Waals surface area contributed by atoms with Crippen LogP contribution in [0, 0.1) is 35.2 Å². The number of carbonyl (C=O) groups excluding carboxylic acids is 3. The Morgan fingerprint density at radius 1 is 0.509 bits per heavy atom. The van der Waals surface area contributed by atoms with Crippen LogP contribution in [0.5, 0.6) is 0 Å². The van der Waals surface area contributed by atoms with Crippen LogP contribution in [0.25, 0.3) is 0 Å². The lowest BCUT2D eigenvalue weighted by atomic mass is 9.93. The Kier molecular flexibility index (Phi) is 32.1. The molecule has 7 unspecified atom stereocenters. The molecule has 3 aromatic heterocycles. The quantitative estimate of drug-likeness (QED) is 0.0139. The number of thiazole rings is 3. The molecular formula is C75H79BrCl2F8N12O15S3. The third-order valence-corrected chi connectivity index (χ3v) is 21.8. The molecule has 3 aromatic carbocycles. The molecule has 3 fully saturated rings. The molecular weight excluding hydrogens is 1710 g/mol.